The molecule has 15 heavy (non-hydrogen) atoms. The van der Waals surface area contributed by atoms with Gasteiger partial charge in [-0.1, -0.05) is 6.92 Å². The number of aryl methyl sites for hydroxylation is 1. The highest BCUT2D eigenvalue weighted by molar-refractivity contribution is 5.16. The van der Waals surface area contributed by atoms with Crippen molar-refractivity contribution < 1.29 is 4.42 Å². The predicted molar refractivity (Wildman–Crippen MR) is 60.8 cm³/mol. The first-order valence-electron chi connectivity index (χ1n) is 5.89. The van der Waals surface area contributed by atoms with E-state index in [2.05, 4.69) is 23.6 Å². The summed E-state index contributed by atoms with van der Waals surface area (Å²) in [5, 5.41) is 6.90. The molecule has 2 rings (SSSR count). The maximum absolute atomic E-state index is 5.36. The maximum atomic E-state index is 5.36. The van der Waals surface area contributed by atoms with Crippen LogP contribution in [0.5, 0.6) is 0 Å². The zero-order valence-electron chi connectivity index (χ0n) is 9.38. The largest absolute Gasteiger partial charge is 0.469 e. The third kappa shape index (κ3) is 3.36. The molecule has 1 heterocycles. The first-order valence-corrected chi connectivity index (χ1v) is 5.89. The van der Waals surface area contributed by atoms with Crippen LogP contribution in [0.2, 0.25) is 0 Å². The highest BCUT2D eigenvalue weighted by Gasteiger charge is 2.19. The smallest absolute Gasteiger partial charge is 0.107 e. The Labute approximate surface area is 91.2 Å². The van der Waals surface area contributed by atoms with E-state index in [-0.39, 0.29) is 0 Å². The van der Waals surface area contributed by atoms with E-state index >= 15 is 0 Å². The first kappa shape index (κ1) is 10.7. The number of furan rings is 1. The Bertz CT molecular complexity index is 292. The summed E-state index contributed by atoms with van der Waals surface area (Å²) in [5.74, 6) is 1.11. The van der Waals surface area contributed by atoms with Crippen molar-refractivity contribution in [3.8, 4) is 0 Å². The number of rotatable bonds is 7. The Balaban J connectivity index is 1.59. The number of nitrogens with one attached hydrogen (secondary N) is 2. The van der Waals surface area contributed by atoms with E-state index < -0.39 is 0 Å². The Kier molecular flexibility index (Phi) is 3.80. The average Bonchev–Trinajstić information content (AvgIpc) is 2.96. The second-order valence-electron chi connectivity index (χ2n) is 4.13. The molecule has 1 aliphatic rings. The van der Waals surface area contributed by atoms with Gasteiger partial charge in [-0.3, -0.25) is 0 Å². The van der Waals surface area contributed by atoms with Gasteiger partial charge in [0.2, 0.25) is 0 Å². The minimum absolute atomic E-state index is 0.812. The Hall–Kier alpha value is -0.800. The quantitative estimate of drug-likeness (QED) is 0.669. The van der Waals surface area contributed by atoms with E-state index in [0.29, 0.717) is 0 Å². The van der Waals surface area contributed by atoms with Crippen LogP contribution in [0.25, 0.3) is 0 Å². The molecule has 0 aromatic carbocycles. The molecule has 0 saturated heterocycles. The normalized spacial score (nSPS) is 15.8. The zero-order valence-corrected chi connectivity index (χ0v) is 9.38. The van der Waals surface area contributed by atoms with Crippen molar-refractivity contribution in [2.24, 2.45) is 0 Å². The molecule has 2 N–H and O–H groups in total. The standard InChI is InChI=1S/C12H20N2O/c1-2-12-10(5-8-15-12)9-13-6-7-14-11-3-4-11/h5,8,11,13-14H,2-4,6-7,9H2,1H3. The van der Waals surface area contributed by atoms with Crippen molar-refractivity contribution in [3.05, 3.63) is 23.7 Å². The van der Waals surface area contributed by atoms with Crippen molar-refractivity contribution in [1.82, 2.24) is 10.6 Å². The van der Waals surface area contributed by atoms with E-state index in [0.717, 1.165) is 37.9 Å². The van der Waals surface area contributed by atoms with Gasteiger partial charge >= 0.3 is 0 Å². The van der Waals surface area contributed by atoms with E-state index in [1.54, 1.807) is 6.26 Å². The molecule has 1 aromatic heterocycles. The van der Waals surface area contributed by atoms with Gasteiger partial charge in [-0.05, 0) is 18.9 Å². The third-order valence-corrected chi connectivity index (χ3v) is 2.79. The van der Waals surface area contributed by atoms with Gasteiger partial charge in [-0.25, -0.2) is 0 Å². The number of hydrogen-bond donors (Lipinski definition) is 2. The molecular formula is C12H20N2O. The van der Waals surface area contributed by atoms with E-state index in [4.69, 9.17) is 4.42 Å². The van der Waals surface area contributed by atoms with Crippen LogP contribution in [0, 0.1) is 0 Å². The van der Waals surface area contributed by atoms with Crippen LogP contribution < -0.4 is 10.6 Å². The van der Waals surface area contributed by atoms with Gasteiger partial charge in [0.15, 0.2) is 0 Å². The molecule has 0 unspecified atom stereocenters. The van der Waals surface area contributed by atoms with Crippen LogP contribution in [-0.2, 0) is 13.0 Å². The van der Waals surface area contributed by atoms with Gasteiger partial charge in [0.05, 0.1) is 6.26 Å². The van der Waals surface area contributed by atoms with Crippen molar-refractivity contribution in [2.75, 3.05) is 13.1 Å². The molecule has 0 bridgehead atoms. The molecule has 1 saturated carbocycles. The lowest BCUT2D eigenvalue weighted by Gasteiger charge is -2.05. The van der Waals surface area contributed by atoms with Crippen molar-refractivity contribution in [2.45, 2.75) is 38.8 Å². The molecule has 0 atom stereocenters. The summed E-state index contributed by atoms with van der Waals surface area (Å²) < 4.78 is 5.36. The van der Waals surface area contributed by atoms with Crippen molar-refractivity contribution in [3.63, 3.8) is 0 Å². The average molecular weight is 208 g/mol. The topological polar surface area (TPSA) is 37.2 Å². The van der Waals surface area contributed by atoms with Crippen molar-refractivity contribution >= 4 is 0 Å². The summed E-state index contributed by atoms with van der Waals surface area (Å²) in [5.41, 5.74) is 1.30. The van der Waals surface area contributed by atoms with Crippen LogP contribution in [0.15, 0.2) is 16.7 Å². The van der Waals surface area contributed by atoms with Gasteiger partial charge in [0, 0.05) is 37.7 Å². The van der Waals surface area contributed by atoms with Crippen LogP contribution in [0.4, 0.5) is 0 Å². The number of hydrogen-bond acceptors (Lipinski definition) is 3. The second kappa shape index (κ2) is 5.33. The molecule has 0 aliphatic heterocycles. The molecular weight excluding hydrogens is 188 g/mol. The predicted octanol–water partition coefficient (Wildman–Crippen LogP) is 1.68. The lowest BCUT2D eigenvalue weighted by atomic mass is 10.2. The SMILES string of the molecule is CCc1occc1CNCCNC1CC1. The van der Waals surface area contributed by atoms with Crippen LogP contribution in [0.1, 0.15) is 31.1 Å². The Morgan fingerprint density at radius 2 is 2.27 bits per heavy atom. The summed E-state index contributed by atoms with van der Waals surface area (Å²) in [6.07, 6.45) is 5.48. The van der Waals surface area contributed by atoms with Gasteiger partial charge < -0.3 is 15.1 Å². The van der Waals surface area contributed by atoms with Crippen LogP contribution >= 0.6 is 0 Å². The van der Waals surface area contributed by atoms with Gasteiger partial charge in [-0.15, -0.1) is 0 Å². The first-order chi connectivity index (χ1) is 7.40. The molecule has 0 amide bonds. The lowest BCUT2D eigenvalue weighted by Crippen LogP contribution is -2.28. The monoisotopic (exact) mass is 208 g/mol. The minimum Gasteiger partial charge on any atom is -0.469 e. The van der Waals surface area contributed by atoms with Gasteiger partial charge in [0.25, 0.3) is 0 Å². The second-order valence-corrected chi connectivity index (χ2v) is 4.13. The van der Waals surface area contributed by atoms with Crippen LogP contribution in [0.3, 0.4) is 0 Å². The fraction of sp³-hybridized carbons (Fsp3) is 0.667. The summed E-state index contributed by atoms with van der Waals surface area (Å²) in [4.78, 5) is 0. The molecule has 3 heteroatoms. The molecule has 0 spiro atoms. The molecule has 1 aliphatic carbocycles. The lowest BCUT2D eigenvalue weighted by molar-refractivity contribution is 0.507. The summed E-state index contributed by atoms with van der Waals surface area (Å²) >= 11 is 0. The molecule has 0 radical (unpaired) electrons. The fourth-order valence-electron chi connectivity index (χ4n) is 1.71. The molecule has 1 aromatic rings. The fourth-order valence-corrected chi connectivity index (χ4v) is 1.71. The van der Waals surface area contributed by atoms with Crippen LogP contribution in [-0.4, -0.2) is 19.1 Å². The maximum Gasteiger partial charge on any atom is 0.107 e. The van der Waals surface area contributed by atoms with Crippen molar-refractivity contribution in [1.29, 1.82) is 0 Å². The zero-order chi connectivity index (χ0) is 10.5. The van der Waals surface area contributed by atoms with E-state index in [1.165, 1.54) is 18.4 Å². The van der Waals surface area contributed by atoms with Gasteiger partial charge in [-0.2, -0.15) is 0 Å². The molecule has 3 nitrogen and oxygen atoms in total. The summed E-state index contributed by atoms with van der Waals surface area (Å²) in [6, 6.07) is 2.87. The minimum atomic E-state index is 0.812. The third-order valence-electron chi connectivity index (χ3n) is 2.79. The Morgan fingerprint density at radius 1 is 1.40 bits per heavy atom. The Morgan fingerprint density at radius 3 is 3.00 bits per heavy atom. The highest BCUT2D eigenvalue weighted by Crippen LogP contribution is 2.17. The molecule has 1 fully saturated rings. The van der Waals surface area contributed by atoms with E-state index in [9.17, 15) is 0 Å². The summed E-state index contributed by atoms with van der Waals surface area (Å²) in [6.45, 7) is 5.15. The van der Waals surface area contributed by atoms with E-state index in [1.807, 2.05) is 0 Å². The summed E-state index contributed by atoms with van der Waals surface area (Å²) in [7, 11) is 0. The van der Waals surface area contributed by atoms with Gasteiger partial charge in [0.1, 0.15) is 5.76 Å². The molecule has 84 valence electrons. The highest BCUT2D eigenvalue weighted by atomic mass is 16.3.